The van der Waals surface area contributed by atoms with E-state index in [1.165, 1.54) is 16.8 Å². The van der Waals surface area contributed by atoms with Crippen molar-refractivity contribution in [3.8, 4) is 17.3 Å². The van der Waals surface area contributed by atoms with Crippen LogP contribution in [-0.2, 0) is 4.79 Å². The van der Waals surface area contributed by atoms with E-state index in [1.54, 1.807) is 24.3 Å². The van der Waals surface area contributed by atoms with Crippen LogP contribution in [0.25, 0.3) is 5.69 Å². The number of rotatable bonds is 7. The van der Waals surface area contributed by atoms with Crippen molar-refractivity contribution >= 4 is 11.6 Å². The number of nitrogens with zero attached hydrogens (tertiary/aromatic N) is 2. The number of anilines is 1. The van der Waals surface area contributed by atoms with Gasteiger partial charge in [0.15, 0.2) is 6.61 Å². The molecule has 0 aliphatic rings. The molecule has 0 atom stereocenters. The van der Waals surface area contributed by atoms with Gasteiger partial charge in [0.2, 0.25) is 5.88 Å². The van der Waals surface area contributed by atoms with E-state index in [4.69, 9.17) is 9.47 Å². The number of aryl methyl sites for hydroxylation is 2. The van der Waals surface area contributed by atoms with E-state index in [0.717, 1.165) is 16.9 Å². The average molecular weight is 393 g/mol. The Labute approximate surface area is 168 Å². The Morgan fingerprint density at radius 3 is 2.45 bits per heavy atom. The first-order valence-electron chi connectivity index (χ1n) is 9.30. The zero-order valence-corrected chi connectivity index (χ0v) is 16.6. The van der Waals surface area contributed by atoms with E-state index in [2.05, 4.69) is 10.4 Å². The first-order valence-corrected chi connectivity index (χ1v) is 9.30. The monoisotopic (exact) mass is 393 g/mol. The molecule has 150 valence electrons. The van der Waals surface area contributed by atoms with Crippen molar-refractivity contribution in [1.29, 1.82) is 0 Å². The highest BCUT2D eigenvalue weighted by Crippen LogP contribution is 2.16. The molecule has 2 aromatic carbocycles. The SMILES string of the molecule is CCOc1ccc(NC(=O)COc2ccc(=O)n(-c3ccc(C)c(C)c3)n2)cc1. The Bertz CT molecular complexity index is 1060. The lowest BCUT2D eigenvalue weighted by Crippen LogP contribution is -2.23. The molecule has 1 amide bonds. The van der Waals surface area contributed by atoms with Gasteiger partial charge in [-0.1, -0.05) is 6.07 Å². The summed E-state index contributed by atoms with van der Waals surface area (Å²) in [6.07, 6.45) is 0. The van der Waals surface area contributed by atoms with Crippen LogP contribution >= 0.6 is 0 Å². The molecule has 1 aromatic heterocycles. The van der Waals surface area contributed by atoms with Crippen molar-refractivity contribution in [3.05, 3.63) is 76.1 Å². The predicted molar refractivity (Wildman–Crippen MR) is 111 cm³/mol. The van der Waals surface area contributed by atoms with Gasteiger partial charge >= 0.3 is 0 Å². The summed E-state index contributed by atoms with van der Waals surface area (Å²) in [7, 11) is 0. The molecule has 3 rings (SSSR count). The topological polar surface area (TPSA) is 82.5 Å². The van der Waals surface area contributed by atoms with Gasteiger partial charge in [-0.15, -0.1) is 5.10 Å². The van der Waals surface area contributed by atoms with Crippen molar-refractivity contribution < 1.29 is 14.3 Å². The highest BCUT2D eigenvalue weighted by Gasteiger charge is 2.08. The number of amides is 1. The predicted octanol–water partition coefficient (Wildman–Crippen LogP) is 3.27. The first kappa shape index (κ1) is 20.1. The van der Waals surface area contributed by atoms with Crippen molar-refractivity contribution in [2.45, 2.75) is 20.8 Å². The molecule has 3 aromatic rings. The summed E-state index contributed by atoms with van der Waals surface area (Å²) in [5.41, 5.74) is 3.18. The molecule has 1 N–H and O–H groups in total. The van der Waals surface area contributed by atoms with E-state index in [1.807, 2.05) is 39.0 Å². The Kier molecular flexibility index (Phi) is 6.29. The van der Waals surface area contributed by atoms with Gasteiger partial charge in [-0.25, -0.2) is 0 Å². The van der Waals surface area contributed by atoms with Crippen LogP contribution in [0.1, 0.15) is 18.1 Å². The summed E-state index contributed by atoms with van der Waals surface area (Å²) in [5, 5.41) is 6.95. The van der Waals surface area contributed by atoms with Crippen LogP contribution in [0.15, 0.2) is 59.4 Å². The molecular weight excluding hydrogens is 370 g/mol. The molecule has 0 spiro atoms. The van der Waals surface area contributed by atoms with E-state index in [9.17, 15) is 9.59 Å². The lowest BCUT2D eigenvalue weighted by molar-refractivity contribution is -0.118. The summed E-state index contributed by atoms with van der Waals surface area (Å²) in [5.74, 6) is 0.587. The van der Waals surface area contributed by atoms with Gasteiger partial charge < -0.3 is 14.8 Å². The Hall–Kier alpha value is -3.61. The molecule has 0 radical (unpaired) electrons. The van der Waals surface area contributed by atoms with Crippen LogP contribution in [0.3, 0.4) is 0 Å². The highest BCUT2D eigenvalue weighted by molar-refractivity contribution is 5.91. The van der Waals surface area contributed by atoms with Crippen molar-refractivity contribution in [3.63, 3.8) is 0 Å². The first-order chi connectivity index (χ1) is 14.0. The molecule has 0 fully saturated rings. The van der Waals surface area contributed by atoms with Crippen LogP contribution < -0.4 is 20.3 Å². The second-order valence-electron chi connectivity index (χ2n) is 6.48. The lowest BCUT2D eigenvalue weighted by atomic mass is 10.1. The van der Waals surface area contributed by atoms with Crippen molar-refractivity contribution in [1.82, 2.24) is 9.78 Å². The number of carbonyl (C=O) groups excluding carboxylic acids is 1. The van der Waals surface area contributed by atoms with Crippen LogP contribution in [0, 0.1) is 13.8 Å². The largest absolute Gasteiger partial charge is 0.494 e. The summed E-state index contributed by atoms with van der Waals surface area (Å²) in [4.78, 5) is 24.3. The zero-order valence-electron chi connectivity index (χ0n) is 16.6. The molecular formula is C22H23N3O4. The second-order valence-corrected chi connectivity index (χ2v) is 6.48. The highest BCUT2D eigenvalue weighted by atomic mass is 16.5. The van der Waals surface area contributed by atoms with Crippen LogP contribution in [0.5, 0.6) is 11.6 Å². The molecule has 0 aliphatic heterocycles. The molecule has 7 heteroatoms. The third kappa shape index (κ3) is 5.22. The fourth-order valence-corrected chi connectivity index (χ4v) is 2.65. The molecule has 0 saturated heterocycles. The Morgan fingerprint density at radius 1 is 1.00 bits per heavy atom. The molecule has 0 unspecified atom stereocenters. The van der Waals surface area contributed by atoms with Crippen LogP contribution in [0.2, 0.25) is 0 Å². The maximum atomic E-state index is 12.2. The van der Waals surface area contributed by atoms with Gasteiger partial charge in [0, 0.05) is 17.8 Å². The number of aromatic nitrogens is 2. The van der Waals surface area contributed by atoms with Gasteiger partial charge in [-0.3, -0.25) is 9.59 Å². The fourth-order valence-electron chi connectivity index (χ4n) is 2.65. The minimum Gasteiger partial charge on any atom is -0.494 e. The van der Waals surface area contributed by atoms with Gasteiger partial charge in [-0.05, 0) is 68.3 Å². The molecule has 29 heavy (non-hydrogen) atoms. The molecule has 7 nitrogen and oxygen atoms in total. The minimum absolute atomic E-state index is 0.185. The molecule has 0 bridgehead atoms. The zero-order chi connectivity index (χ0) is 20.8. The van der Waals surface area contributed by atoms with E-state index in [0.29, 0.717) is 18.0 Å². The normalized spacial score (nSPS) is 10.4. The number of benzene rings is 2. The van der Waals surface area contributed by atoms with E-state index < -0.39 is 0 Å². The van der Waals surface area contributed by atoms with E-state index in [-0.39, 0.29) is 24.0 Å². The third-order valence-electron chi connectivity index (χ3n) is 4.31. The summed E-state index contributed by atoms with van der Waals surface area (Å²) >= 11 is 0. The lowest BCUT2D eigenvalue weighted by Gasteiger charge is -2.10. The quantitative estimate of drug-likeness (QED) is 0.666. The summed E-state index contributed by atoms with van der Waals surface area (Å²) in [6.45, 7) is 6.22. The maximum Gasteiger partial charge on any atom is 0.271 e. The van der Waals surface area contributed by atoms with Crippen LogP contribution in [0.4, 0.5) is 5.69 Å². The average Bonchev–Trinajstić information content (AvgIpc) is 2.71. The fraction of sp³-hybridized carbons (Fsp3) is 0.227. The molecule has 0 saturated carbocycles. The number of nitrogens with one attached hydrogen (secondary N) is 1. The van der Waals surface area contributed by atoms with Crippen LogP contribution in [-0.4, -0.2) is 28.9 Å². The Morgan fingerprint density at radius 2 is 1.76 bits per heavy atom. The van der Waals surface area contributed by atoms with E-state index >= 15 is 0 Å². The van der Waals surface area contributed by atoms with Crippen molar-refractivity contribution in [2.75, 3.05) is 18.5 Å². The van der Waals surface area contributed by atoms with Gasteiger partial charge in [0.1, 0.15) is 5.75 Å². The maximum absolute atomic E-state index is 12.2. The molecule has 1 heterocycles. The number of carbonyl (C=O) groups is 1. The van der Waals surface area contributed by atoms with Gasteiger partial charge in [0.25, 0.3) is 11.5 Å². The standard InChI is InChI=1S/C22H23N3O4/c1-4-28-19-9-6-17(7-10-19)23-20(26)14-29-21-11-12-22(27)25(24-21)18-8-5-15(2)16(3)13-18/h5-13H,4,14H2,1-3H3,(H,23,26). The smallest absolute Gasteiger partial charge is 0.271 e. The minimum atomic E-state index is -0.333. The Balaban J connectivity index is 1.65. The third-order valence-corrected chi connectivity index (χ3v) is 4.31. The van der Waals surface area contributed by atoms with Crippen molar-refractivity contribution in [2.24, 2.45) is 0 Å². The molecule has 0 aliphatic carbocycles. The summed E-state index contributed by atoms with van der Waals surface area (Å²) in [6, 6.07) is 15.5. The summed E-state index contributed by atoms with van der Waals surface area (Å²) < 4.78 is 12.1. The van der Waals surface area contributed by atoms with Gasteiger partial charge in [-0.2, -0.15) is 4.68 Å². The van der Waals surface area contributed by atoms with Gasteiger partial charge in [0.05, 0.1) is 12.3 Å². The number of ether oxygens (including phenoxy) is 2. The second kappa shape index (κ2) is 9.05. The number of hydrogen-bond acceptors (Lipinski definition) is 5. The number of hydrogen-bond donors (Lipinski definition) is 1.